The molecule has 0 aromatic heterocycles. The summed E-state index contributed by atoms with van der Waals surface area (Å²) in [5.41, 5.74) is 1.34. The highest BCUT2D eigenvalue weighted by molar-refractivity contribution is 5.19. The molecule has 0 saturated heterocycles. The van der Waals surface area contributed by atoms with Crippen LogP contribution < -0.4 is 0 Å². The van der Waals surface area contributed by atoms with E-state index in [-0.39, 0.29) is 0 Å². The fraction of sp³-hybridized carbons (Fsp3) is 0.500. The maximum atomic E-state index is 4.03. The maximum absolute atomic E-state index is 4.03. The van der Waals surface area contributed by atoms with Crippen molar-refractivity contribution >= 4 is 0 Å². The molecular formula is C12H20. The lowest BCUT2D eigenvalue weighted by Crippen LogP contribution is -2.11. The molecule has 68 valence electrons. The van der Waals surface area contributed by atoms with E-state index in [4.69, 9.17) is 0 Å². The average Bonchev–Trinajstić information content (AvgIpc) is 2.01. The molecule has 0 unspecified atom stereocenters. The molecular weight excluding hydrogens is 144 g/mol. The molecule has 0 amide bonds. The number of hydrogen-bond donors (Lipinski definition) is 0. The van der Waals surface area contributed by atoms with Crippen molar-refractivity contribution in [2.45, 2.75) is 32.6 Å². The highest BCUT2D eigenvalue weighted by Crippen LogP contribution is 2.32. The molecule has 0 bridgehead atoms. The van der Waals surface area contributed by atoms with E-state index >= 15 is 0 Å². The van der Waals surface area contributed by atoms with Gasteiger partial charge in [-0.25, -0.2) is 0 Å². The Balaban J connectivity index is 0.000000561. The Morgan fingerprint density at radius 1 is 1.42 bits per heavy atom. The molecule has 0 aromatic rings. The van der Waals surface area contributed by atoms with Crippen molar-refractivity contribution in [3.8, 4) is 0 Å². The van der Waals surface area contributed by atoms with Crippen LogP contribution in [0.5, 0.6) is 0 Å². The van der Waals surface area contributed by atoms with E-state index in [1.165, 1.54) is 24.8 Å². The van der Waals surface area contributed by atoms with Crippen LogP contribution in [0.2, 0.25) is 0 Å². The summed E-state index contributed by atoms with van der Waals surface area (Å²) in [5, 5.41) is 0. The summed E-state index contributed by atoms with van der Waals surface area (Å²) >= 11 is 0. The zero-order valence-corrected chi connectivity index (χ0v) is 8.18. The van der Waals surface area contributed by atoms with Crippen molar-refractivity contribution in [1.82, 2.24) is 0 Å². The number of rotatable bonds is 3. The van der Waals surface area contributed by atoms with Gasteiger partial charge in [0.15, 0.2) is 0 Å². The normalized spacial score (nSPS) is 16.4. The smallest absolute Gasteiger partial charge is 0.0168 e. The van der Waals surface area contributed by atoms with E-state index in [0.717, 1.165) is 12.3 Å². The molecule has 0 nitrogen and oxygen atoms in total. The van der Waals surface area contributed by atoms with Crippen molar-refractivity contribution in [1.29, 1.82) is 0 Å². The summed E-state index contributed by atoms with van der Waals surface area (Å²) in [5.74, 6) is 0.822. The van der Waals surface area contributed by atoms with Gasteiger partial charge in [0.1, 0.15) is 0 Å². The third kappa shape index (κ3) is 3.56. The maximum Gasteiger partial charge on any atom is -0.0168 e. The van der Waals surface area contributed by atoms with Crippen LogP contribution in [0.4, 0.5) is 0 Å². The quantitative estimate of drug-likeness (QED) is 0.435. The fourth-order valence-corrected chi connectivity index (χ4v) is 1.18. The van der Waals surface area contributed by atoms with Gasteiger partial charge in [-0.3, -0.25) is 0 Å². The summed E-state index contributed by atoms with van der Waals surface area (Å²) in [6.45, 7) is 12.2. The van der Waals surface area contributed by atoms with E-state index in [0.29, 0.717) is 0 Å². The zero-order chi connectivity index (χ0) is 9.40. The molecule has 0 heterocycles. The second-order valence-electron chi connectivity index (χ2n) is 3.01. The second-order valence-corrected chi connectivity index (χ2v) is 3.01. The lowest BCUT2D eigenvalue weighted by molar-refractivity contribution is 0.375. The summed E-state index contributed by atoms with van der Waals surface area (Å²) in [7, 11) is 0. The predicted molar refractivity (Wildman–Crippen MR) is 57.2 cm³/mol. The summed E-state index contributed by atoms with van der Waals surface area (Å²) in [6.07, 6.45) is 9.65. The van der Waals surface area contributed by atoms with Gasteiger partial charge in [0.25, 0.3) is 0 Å². The predicted octanol–water partition coefficient (Wildman–Crippen LogP) is 4.11. The number of hydrogen-bond acceptors (Lipinski definition) is 0. The lowest BCUT2D eigenvalue weighted by Gasteiger charge is -2.25. The van der Waals surface area contributed by atoms with Gasteiger partial charge >= 0.3 is 0 Å². The Morgan fingerprint density at radius 3 is 2.33 bits per heavy atom. The van der Waals surface area contributed by atoms with E-state index in [9.17, 15) is 0 Å². The molecule has 1 aliphatic rings. The molecule has 1 fully saturated rings. The van der Waals surface area contributed by atoms with Gasteiger partial charge in [-0.15, -0.1) is 13.2 Å². The van der Waals surface area contributed by atoms with Crippen LogP contribution in [0.25, 0.3) is 0 Å². The van der Waals surface area contributed by atoms with Gasteiger partial charge in [-0.05, 0) is 25.2 Å². The van der Waals surface area contributed by atoms with Gasteiger partial charge < -0.3 is 0 Å². The molecule has 0 radical (unpaired) electrons. The molecule has 0 N–H and O–H groups in total. The van der Waals surface area contributed by atoms with Crippen molar-refractivity contribution in [3.63, 3.8) is 0 Å². The molecule has 12 heavy (non-hydrogen) atoms. The molecule has 1 rings (SSSR count). The monoisotopic (exact) mass is 164 g/mol. The van der Waals surface area contributed by atoms with Crippen molar-refractivity contribution in [3.05, 3.63) is 37.5 Å². The van der Waals surface area contributed by atoms with Crippen molar-refractivity contribution < 1.29 is 0 Å². The molecule has 0 aliphatic heterocycles. The molecule has 1 saturated carbocycles. The third-order valence-corrected chi connectivity index (χ3v) is 2.20. The fourth-order valence-electron chi connectivity index (χ4n) is 1.18. The molecule has 1 aliphatic carbocycles. The molecule has 0 aromatic carbocycles. The van der Waals surface area contributed by atoms with Crippen LogP contribution in [0.3, 0.4) is 0 Å². The molecule has 0 spiro atoms. The highest BCUT2D eigenvalue weighted by atomic mass is 14.2. The Bertz CT molecular complexity index is 149. The molecule has 0 atom stereocenters. The van der Waals surface area contributed by atoms with Crippen molar-refractivity contribution in [2.24, 2.45) is 5.92 Å². The minimum absolute atomic E-state index is 0.822. The van der Waals surface area contributed by atoms with E-state index in [1.807, 2.05) is 0 Å². The Hall–Kier alpha value is -0.780. The van der Waals surface area contributed by atoms with Crippen LogP contribution >= 0.6 is 0 Å². The van der Waals surface area contributed by atoms with Gasteiger partial charge in [0, 0.05) is 0 Å². The van der Waals surface area contributed by atoms with Crippen LogP contribution in [-0.2, 0) is 0 Å². The van der Waals surface area contributed by atoms with Crippen LogP contribution in [-0.4, -0.2) is 0 Å². The minimum atomic E-state index is 0.822. The third-order valence-electron chi connectivity index (χ3n) is 2.20. The first-order chi connectivity index (χ1) is 5.84. The van der Waals surface area contributed by atoms with Gasteiger partial charge in [-0.1, -0.05) is 37.6 Å². The van der Waals surface area contributed by atoms with Crippen LogP contribution in [0.1, 0.15) is 32.6 Å². The second kappa shape index (κ2) is 6.90. The lowest BCUT2D eigenvalue weighted by atomic mass is 9.80. The zero-order valence-electron chi connectivity index (χ0n) is 8.18. The van der Waals surface area contributed by atoms with Gasteiger partial charge in [0.05, 0.1) is 0 Å². The largest absolute Gasteiger partial charge is 0.106 e. The Labute approximate surface area is 76.7 Å². The Morgan fingerprint density at radius 2 is 2.00 bits per heavy atom. The van der Waals surface area contributed by atoms with E-state index in [1.54, 1.807) is 0 Å². The first-order valence-electron chi connectivity index (χ1n) is 4.70. The topological polar surface area (TPSA) is 0 Å². The Kier molecular flexibility index (Phi) is 6.45. The van der Waals surface area contributed by atoms with Crippen LogP contribution in [0, 0.1) is 5.92 Å². The summed E-state index contributed by atoms with van der Waals surface area (Å²) in [6, 6.07) is 0. The van der Waals surface area contributed by atoms with E-state index in [2.05, 4.69) is 38.8 Å². The first kappa shape index (κ1) is 11.2. The standard InChI is InChI=1S/C10H16.C2H4/c1-3-4-6-9(2)10-7-5-8-10;1-2/h4,6,10H,2-3,5,7-8H2,1H3;1-2H2/b6-4-;. The van der Waals surface area contributed by atoms with Gasteiger partial charge in [0.2, 0.25) is 0 Å². The number of allylic oxidation sites excluding steroid dienone is 3. The summed E-state index contributed by atoms with van der Waals surface area (Å²) in [4.78, 5) is 0. The van der Waals surface area contributed by atoms with E-state index < -0.39 is 0 Å². The molecule has 0 heteroatoms. The average molecular weight is 164 g/mol. The van der Waals surface area contributed by atoms with Crippen LogP contribution in [0.15, 0.2) is 37.5 Å². The summed E-state index contributed by atoms with van der Waals surface area (Å²) < 4.78 is 0. The minimum Gasteiger partial charge on any atom is -0.106 e. The first-order valence-corrected chi connectivity index (χ1v) is 4.70. The highest BCUT2D eigenvalue weighted by Gasteiger charge is 2.18. The van der Waals surface area contributed by atoms with Gasteiger partial charge in [-0.2, -0.15) is 0 Å². The van der Waals surface area contributed by atoms with Crippen molar-refractivity contribution in [2.75, 3.05) is 0 Å². The SMILES string of the molecule is C=C.C=C(/C=C\CC)C1CCC1.